The number of nitrogens with two attached hydrogens (primary N) is 1. The maximum absolute atomic E-state index is 10.9. The predicted molar refractivity (Wildman–Crippen MR) is 55.6 cm³/mol. The van der Waals surface area contributed by atoms with Crippen LogP contribution in [0.1, 0.15) is 0 Å². The van der Waals surface area contributed by atoms with Gasteiger partial charge in [-0.05, 0) is 12.1 Å². The lowest BCUT2D eigenvalue weighted by atomic mass is 10.3. The molecule has 0 unspecified atom stereocenters. The standard InChI is InChI=1S/C9H9ClN2O3/c10-6-3-1-2-4-7(6)12-5-8(13)15-9(11)14/h1-4,12H,5H2,(H2,11,14). The third kappa shape index (κ3) is 3.86. The van der Waals surface area contributed by atoms with E-state index in [1.807, 2.05) is 0 Å². The molecule has 0 aliphatic carbocycles. The SMILES string of the molecule is NC(=O)OC(=O)CNc1ccccc1Cl. The molecule has 0 fully saturated rings. The van der Waals surface area contributed by atoms with Gasteiger partial charge in [-0.3, -0.25) is 0 Å². The van der Waals surface area contributed by atoms with E-state index in [0.717, 1.165) is 0 Å². The van der Waals surface area contributed by atoms with Gasteiger partial charge in [0.25, 0.3) is 0 Å². The third-order valence-corrected chi connectivity index (χ3v) is 1.84. The van der Waals surface area contributed by atoms with E-state index in [4.69, 9.17) is 11.6 Å². The van der Waals surface area contributed by atoms with Crippen molar-refractivity contribution in [2.45, 2.75) is 0 Å². The average molecular weight is 229 g/mol. The fourth-order valence-corrected chi connectivity index (χ4v) is 1.12. The van der Waals surface area contributed by atoms with Crippen LogP contribution in [0.5, 0.6) is 0 Å². The highest BCUT2D eigenvalue weighted by Crippen LogP contribution is 2.19. The number of carbonyl (C=O) groups is 2. The largest absolute Gasteiger partial charge is 0.412 e. The quantitative estimate of drug-likeness (QED) is 0.605. The minimum atomic E-state index is -1.12. The molecule has 0 aliphatic heterocycles. The van der Waals surface area contributed by atoms with E-state index in [9.17, 15) is 9.59 Å². The van der Waals surface area contributed by atoms with Gasteiger partial charge in [0.2, 0.25) is 0 Å². The molecule has 0 atom stereocenters. The van der Waals surface area contributed by atoms with Crippen LogP contribution >= 0.6 is 11.6 Å². The molecule has 0 bridgehead atoms. The van der Waals surface area contributed by atoms with Crippen molar-refractivity contribution < 1.29 is 14.3 Å². The molecule has 1 aromatic carbocycles. The van der Waals surface area contributed by atoms with Crippen molar-refractivity contribution in [1.29, 1.82) is 0 Å². The van der Waals surface area contributed by atoms with Gasteiger partial charge in [0, 0.05) is 0 Å². The molecule has 0 radical (unpaired) electrons. The van der Waals surface area contributed by atoms with Gasteiger partial charge in [-0.1, -0.05) is 23.7 Å². The predicted octanol–water partition coefficient (Wildman–Crippen LogP) is 1.37. The Kier molecular flexibility index (Phi) is 3.93. The van der Waals surface area contributed by atoms with E-state index in [-0.39, 0.29) is 6.54 Å². The Morgan fingerprint density at radius 2 is 2.07 bits per heavy atom. The zero-order valence-electron chi connectivity index (χ0n) is 7.70. The number of esters is 1. The lowest BCUT2D eigenvalue weighted by molar-refractivity contribution is -0.135. The van der Waals surface area contributed by atoms with Crippen LogP contribution in [0.15, 0.2) is 24.3 Å². The summed E-state index contributed by atoms with van der Waals surface area (Å²) < 4.78 is 4.11. The van der Waals surface area contributed by atoms with Crippen LogP contribution in [-0.2, 0) is 9.53 Å². The van der Waals surface area contributed by atoms with Crippen LogP contribution < -0.4 is 11.1 Å². The van der Waals surface area contributed by atoms with Crippen LogP contribution in [-0.4, -0.2) is 18.6 Å². The van der Waals surface area contributed by atoms with Crippen LogP contribution in [0.2, 0.25) is 5.02 Å². The molecule has 6 heteroatoms. The summed E-state index contributed by atoms with van der Waals surface area (Å²) in [4.78, 5) is 21.1. The van der Waals surface area contributed by atoms with E-state index < -0.39 is 12.1 Å². The second-order valence-corrected chi connectivity index (χ2v) is 3.03. The highest BCUT2D eigenvalue weighted by molar-refractivity contribution is 6.33. The molecule has 15 heavy (non-hydrogen) atoms. The van der Waals surface area contributed by atoms with Crippen molar-refractivity contribution in [3.8, 4) is 0 Å². The van der Waals surface area contributed by atoms with Gasteiger partial charge in [0.15, 0.2) is 0 Å². The summed E-state index contributed by atoms with van der Waals surface area (Å²) in [6.07, 6.45) is -1.12. The molecular weight excluding hydrogens is 220 g/mol. The number of primary amides is 1. The first-order valence-corrected chi connectivity index (χ1v) is 4.46. The maximum atomic E-state index is 10.9. The number of amides is 1. The smallest absolute Gasteiger partial charge is 0.375 e. The zero-order chi connectivity index (χ0) is 11.3. The fourth-order valence-electron chi connectivity index (χ4n) is 0.920. The number of carbonyl (C=O) groups excluding carboxylic acids is 2. The topological polar surface area (TPSA) is 81.4 Å². The van der Waals surface area contributed by atoms with E-state index in [1.165, 1.54) is 0 Å². The van der Waals surface area contributed by atoms with Gasteiger partial charge in [-0.15, -0.1) is 0 Å². The first kappa shape index (κ1) is 11.3. The summed E-state index contributed by atoms with van der Waals surface area (Å²) in [6.45, 7) is -0.174. The summed E-state index contributed by atoms with van der Waals surface area (Å²) >= 11 is 5.81. The van der Waals surface area contributed by atoms with E-state index in [1.54, 1.807) is 24.3 Å². The van der Waals surface area contributed by atoms with Gasteiger partial charge in [0.05, 0.1) is 10.7 Å². The Balaban J connectivity index is 2.47. The average Bonchev–Trinajstić information content (AvgIpc) is 2.15. The first-order chi connectivity index (χ1) is 7.09. The molecule has 0 spiro atoms. The number of para-hydroxylation sites is 1. The lowest BCUT2D eigenvalue weighted by Gasteiger charge is -2.06. The normalized spacial score (nSPS) is 9.40. The Morgan fingerprint density at radius 1 is 1.40 bits per heavy atom. The van der Waals surface area contributed by atoms with Crippen molar-refractivity contribution in [3.05, 3.63) is 29.3 Å². The van der Waals surface area contributed by atoms with Crippen LogP contribution in [0.3, 0.4) is 0 Å². The Bertz CT molecular complexity index is 381. The molecule has 80 valence electrons. The van der Waals surface area contributed by atoms with Crippen molar-refractivity contribution in [1.82, 2.24) is 0 Å². The number of ether oxygens (including phenoxy) is 1. The van der Waals surface area contributed by atoms with Crippen LogP contribution in [0.25, 0.3) is 0 Å². The molecule has 5 nitrogen and oxygen atoms in total. The zero-order valence-corrected chi connectivity index (χ0v) is 8.45. The van der Waals surface area contributed by atoms with Crippen molar-refractivity contribution in [3.63, 3.8) is 0 Å². The van der Waals surface area contributed by atoms with Gasteiger partial charge in [-0.2, -0.15) is 0 Å². The summed E-state index contributed by atoms with van der Waals surface area (Å²) in [5.74, 6) is -0.762. The summed E-state index contributed by atoms with van der Waals surface area (Å²) in [7, 11) is 0. The number of hydrogen-bond acceptors (Lipinski definition) is 4. The van der Waals surface area contributed by atoms with Gasteiger partial charge in [-0.25, -0.2) is 9.59 Å². The molecule has 1 aromatic rings. The van der Waals surface area contributed by atoms with Crippen molar-refractivity contribution >= 4 is 29.4 Å². The number of hydrogen-bond donors (Lipinski definition) is 2. The monoisotopic (exact) mass is 228 g/mol. The molecule has 0 heterocycles. The minimum Gasteiger partial charge on any atom is -0.375 e. The third-order valence-electron chi connectivity index (χ3n) is 1.51. The van der Waals surface area contributed by atoms with Gasteiger partial charge in [0.1, 0.15) is 6.54 Å². The molecule has 1 amide bonds. The molecule has 0 saturated carbocycles. The molecule has 1 rings (SSSR count). The molecule has 3 N–H and O–H groups in total. The van der Waals surface area contributed by atoms with Crippen molar-refractivity contribution in [2.75, 3.05) is 11.9 Å². The van der Waals surface area contributed by atoms with Crippen molar-refractivity contribution in [2.24, 2.45) is 5.73 Å². The highest BCUT2D eigenvalue weighted by Gasteiger charge is 2.06. The second-order valence-electron chi connectivity index (χ2n) is 2.63. The number of anilines is 1. The molecule has 0 saturated heterocycles. The van der Waals surface area contributed by atoms with E-state index in [0.29, 0.717) is 10.7 Å². The second kappa shape index (κ2) is 5.21. The summed E-state index contributed by atoms with van der Waals surface area (Å²) in [5, 5.41) is 3.18. The Hall–Kier alpha value is -1.75. The first-order valence-electron chi connectivity index (χ1n) is 4.08. The Labute approximate surface area is 91.2 Å². The number of halogens is 1. The Morgan fingerprint density at radius 3 is 2.67 bits per heavy atom. The summed E-state index contributed by atoms with van der Waals surface area (Å²) in [6, 6.07) is 6.88. The van der Waals surface area contributed by atoms with Crippen LogP contribution in [0, 0.1) is 0 Å². The molecule has 0 aromatic heterocycles. The lowest BCUT2D eigenvalue weighted by Crippen LogP contribution is -2.24. The maximum Gasteiger partial charge on any atom is 0.412 e. The fraction of sp³-hybridized carbons (Fsp3) is 0.111. The number of nitrogens with one attached hydrogen (secondary N) is 1. The number of rotatable bonds is 3. The van der Waals surface area contributed by atoms with Gasteiger partial charge >= 0.3 is 12.1 Å². The van der Waals surface area contributed by atoms with Crippen LogP contribution in [0.4, 0.5) is 10.5 Å². The number of benzene rings is 1. The van der Waals surface area contributed by atoms with E-state index in [2.05, 4.69) is 15.8 Å². The van der Waals surface area contributed by atoms with E-state index >= 15 is 0 Å². The molecular formula is C9H9ClN2O3. The molecule has 0 aliphatic rings. The van der Waals surface area contributed by atoms with Gasteiger partial charge < -0.3 is 15.8 Å². The summed E-state index contributed by atoms with van der Waals surface area (Å²) in [5.41, 5.74) is 5.24. The highest BCUT2D eigenvalue weighted by atomic mass is 35.5. The minimum absolute atomic E-state index is 0.174.